The van der Waals surface area contributed by atoms with Crippen LogP contribution in [0.1, 0.15) is 5.56 Å². The molecule has 3 rings (SSSR count). The van der Waals surface area contributed by atoms with Crippen molar-refractivity contribution in [1.82, 2.24) is 5.32 Å². The van der Waals surface area contributed by atoms with E-state index in [1.54, 1.807) is 7.11 Å². The van der Waals surface area contributed by atoms with Gasteiger partial charge < -0.3 is 14.8 Å². The Bertz CT molecular complexity index is 462. The number of nitrogens with one attached hydrogen (secondary N) is 1. The van der Waals surface area contributed by atoms with Gasteiger partial charge >= 0.3 is 0 Å². The predicted molar refractivity (Wildman–Crippen MR) is 92.1 cm³/mol. The highest BCUT2D eigenvalue weighted by molar-refractivity contribution is 8.03. The summed E-state index contributed by atoms with van der Waals surface area (Å²) in [5.41, 5.74) is 1.28. The molecule has 0 amide bonds. The van der Waals surface area contributed by atoms with E-state index in [0.29, 0.717) is 12.0 Å². The number of rotatable bonds is 4. The second-order valence-electron chi connectivity index (χ2n) is 5.58. The second kappa shape index (κ2) is 7.65. The molecule has 0 spiro atoms. The van der Waals surface area contributed by atoms with Gasteiger partial charge in [0.15, 0.2) is 11.5 Å². The van der Waals surface area contributed by atoms with Crippen molar-refractivity contribution in [3.05, 3.63) is 23.8 Å². The minimum absolute atomic E-state index is 0.558. The van der Waals surface area contributed by atoms with Crippen molar-refractivity contribution in [3.8, 4) is 11.5 Å². The van der Waals surface area contributed by atoms with Crippen LogP contribution in [0.5, 0.6) is 11.5 Å². The van der Waals surface area contributed by atoms with Crippen LogP contribution in [-0.4, -0.2) is 49.3 Å². The van der Waals surface area contributed by atoms with Crippen molar-refractivity contribution in [2.24, 2.45) is 5.92 Å². The summed E-state index contributed by atoms with van der Waals surface area (Å²) in [4.78, 5) is 0. The first-order valence-corrected chi connectivity index (χ1v) is 9.85. The van der Waals surface area contributed by atoms with Gasteiger partial charge in [-0.05, 0) is 18.1 Å². The fraction of sp³-hybridized carbons (Fsp3) is 0.625. The van der Waals surface area contributed by atoms with E-state index < -0.39 is 0 Å². The molecule has 3 nitrogen and oxygen atoms in total. The molecule has 0 bridgehead atoms. The lowest BCUT2D eigenvalue weighted by atomic mass is 9.96. The van der Waals surface area contributed by atoms with Gasteiger partial charge in [0.2, 0.25) is 0 Å². The van der Waals surface area contributed by atoms with Crippen LogP contribution in [0.2, 0.25) is 0 Å². The van der Waals surface area contributed by atoms with Crippen LogP contribution in [0, 0.1) is 5.92 Å². The zero-order valence-electron chi connectivity index (χ0n) is 12.5. The van der Waals surface area contributed by atoms with Crippen molar-refractivity contribution in [3.63, 3.8) is 0 Å². The van der Waals surface area contributed by atoms with Crippen LogP contribution < -0.4 is 14.8 Å². The van der Waals surface area contributed by atoms with Gasteiger partial charge in [-0.1, -0.05) is 12.1 Å². The highest BCUT2D eigenvalue weighted by Crippen LogP contribution is 2.35. The number of hydrogen-bond acceptors (Lipinski definition) is 5. The number of methoxy groups -OCH3 is 1. The molecule has 1 N–H and O–H groups in total. The Balaban J connectivity index is 1.54. The third-order valence-electron chi connectivity index (χ3n) is 3.96. The smallest absolute Gasteiger partial charge is 0.164 e. The standard InChI is InChI=1S/C16H23NO2S2/c1-18-15-4-2-3-13-7-12(9-19-16(13)15)8-17-14-10-20-5-6-21-11-14/h2-4,12,14,17H,5-11H2,1H3/t12-/m1/s1. The first kappa shape index (κ1) is 15.4. The molecule has 1 aromatic carbocycles. The quantitative estimate of drug-likeness (QED) is 0.920. The Labute approximate surface area is 135 Å². The fourth-order valence-electron chi connectivity index (χ4n) is 2.82. The summed E-state index contributed by atoms with van der Waals surface area (Å²) in [6.07, 6.45) is 1.08. The van der Waals surface area contributed by atoms with E-state index in [1.165, 1.54) is 28.6 Å². The molecule has 0 radical (unpaired) electrons. The molecule has 1 saturated heterocycles. The minimum atomic E-state index is 0.558. The molecule has 0 unspecified atom stereocenters. The van der Waals surface area contributed by atoms with Crippen molar-refractivity contribution in [2.75, 3.05) is 43.3 Å². The lowest BCUT2D eigenvalue weighted by molar-refractivity contribution is 0.207. The Kier molecular flexibility index (Phi) is 5.61. The summed E-state index contributed by atoms with van der Waals surface area (Å²) >= 11 is 4.15. The van der Waals surface area contributed by atoms with Crippen LogP contribution in [0.3, 0.4) is 0 Å². The molecule has 2 aliphatic heterocycles. The van der Waals surface area contributed by atoms with Crippen LogP contribution in [0.25, 0.3) is 0 Å². The average Bonchev–Trinajstić information content (AvgIpc) is 2.80. The van der Waals surface area contributed by atoms with Gasteiger partial charge in [0.1, 0.15) is 0 Å². The fourth-order valence-corrected chi connectivity index (χ4v) is 5.28. The lowest BCUT2D eigenvalue weighted by Crippen LogP contribution is -2.39. The van der Waals surface area contributed by atoms with Crippen molar-refractivity contribution >= 4 is 23.5 Å². The van der Waals surface area contributed by atoms with Crippen LogP contribution in [0.15, 0.2) is 18.2 Å². The maximum absolute atomic E-state index is 5.95. The van der Waals surface area contributed by atoms with Crippen molar-refractivity contribution in [2.45, 2.75) is 12.5 Å². The molecule has 0 saturated carbocycles. The molecule has 116 valence electrons. The predicted octanol–water partition coefficient (Wildman–Crippen LogP) is 2.68. The molecule has 1 aromatic rings. The van der Waals surface area contributed by atoms with Gasteiger partial charge in [-0.15, -0.1) is 0 Å². The number of thioether (sulfide) groups is 2. The van der Waals surface area contributed by atoms with E-state index in [9.17, 15) is 0 Å². The molecule has 1 fully saturated rings. The molecule has 2 aliphatic rings. The molecule has 0 aliphatic carbocycles. The summed E-state index contributed by atoms with van der Waals surface area (Å²) in [6.45, 7) is 1.83. The van der Waals surface area contributed by atoms with E-state index in [0.717, 1.165) is 31.1 Å². The Morgan fingerprint density at radius 2 is 2.10 bits per heavy atom. The highest BCUT2D eigenvalue weighted by atomic mass is 32.2. The maximum atomic E-state index is 5.95. The van der Waals surface area contributed by atoms with Gasteiger partial charge in [-0.3, -0.25) is 0 Å². The Hall–Kier alpha value is -0.520. The number of para-hydroxylation sites is 1. The van der Waals surface area contributed by atoms with E-state index in [-0.39, 0.29) is 0 Å². The van der Waals surface area contributed by atoms with Crippen LogP contribution in [-0.2, 0) is 6.42 Å². The second-order valence-corrected chi connectivity index (χ2v) is 7.88. The summed E-state index contributed by atoms with van der Waals surface area (Å²) in [5.74, 6) is 7.43. The lowest BCUT2D eigenvalue weighted by Gasteiger charge is -2.28. The van der Waals surface area contributed by atoms with Crippen LogP contribution >= 0.6 is 23.5 Å². The minimum Gasteiger partial charge on any atom is -0.493 e. The first-order valence-electron chi connectivity index (χ1n) is 7.54. The Morgan fingerprint density at radius 1 is 1.29 bits per heavy atom. The zero-order valence-corrected chi connectivity index (χ0v) is 14.1. The topological polar surface area (TPSA) is 30.5 Å². The zero-order chi connectivity index (χ0) is 14.5. The summed E-state index contributed by atoms with van der Waals surface area (Å²) in [7, 11) is 1.70. The molecule has 1 atom stereocenters. The molecule has 5 heteroatoms. The van der Waals surface area contributed by atoms with Crippen LogP contribution in [0.4, 0.5) is 0 Å². The number of hydrogen-bond donors (Lipinski definition) is 1. The summed E-state index contributed by atoms with van der Waals surface area (Å²) in [6, 6.07) is 6.82. The number of benzene rings is 1. The average molecular weight is 325 g/mol. The van der Waals surface area contributed by atoms with E-state index in [2.05, 4.69) is 41.0 Å². The third-order valence-corrected chi connectivity index (χ3v) is 6.48. The van der Waals surface area contributed by atoms with E-state index in [4.69, 9.17) is 9.47 Å². The normalized spacial score (nSPS) is 23.0. The SMILES string of the molecule is COc1cccc2c1OC[C@@H](CNC1CSCCSC1)C2. The van der Waals surface area contributed by atoms with Gasteiger partial charge in [0.25, 0.3) is 0 Å². The monoisotopic (exact) mass is 325 g/mol. The Morgan fingerprint density at radius 3 is 2.86 bits per heavy atom. The molecule has 0 aromatic heterocycles. The van der Waals surface area contributed by atoms with E-state index in [1.807, 2.05) is 6.07 Å². The van der Waals surface area contributed by atoms with Gasteiger partial charge in [-0.2, -0.15) is 23.5 Å². The molecular weight excluding hydrogens is 302 g/mol. The van der Waals surface area contributed by atoms with Gasteiger partial charge in [0.05, 0.1) is 13.7 Å². The highest BCUT2D eigenvalue weighted by Gasteiger charge is 2.23. The van der Waals surface area contributed by atoms with Crippen molar-refractivity contribution in [1.29, 1.82) is 0 Å². The maximum Gasteiger partial charge on any atom is 0.164 e. The third kappa shape index (κ3) is 4.02. The molecule has 21 heavy (non-hydrogen) atoms. The summed E-state index contributed by atoms with van der Waals surface area (Å²) in [5, 5.41) is 3.74. The first-order chi connectivity index (χ1) is 10.4. The molecule has 2 heterocycles. The van der Waals surface area contributed by atoms with Crippen molar-refractivity contribution < 1.29 is 9.47 Å². The largest absolute Gasteiger partial charge is 0.493 e. The number of ether oxygens (including phenoxy) is 2. The van der Waals surface area contributed by atoms with Gasteiger partial charge in [-0.25, -0.2) is 0 Å². The van der Waals surface area contributed by atoms with E-state index >= 15 is 0 Å². The molecular formula is C16H23NO2S2. The number of fused-ring (bicyclic) bond motifs is 1. The summed E-state index contributed by atoms with van der Waals surface area (Å²) < 4.78 is 11.3. The van der Waals surface area contributed by atoms with Gasteiger partial charge in [0, 0.05) is 41.5 Å².